The summed E-state index contributed by atoms with van der Waals surface area (Å²) in [6.07, 6.45) is 2.94. The highest BCUT2D eigenvalue weighted by molar-refractivity contribution is 5.49. The monoisotopic (exact) mass is 217 g/mol. The molecule has 86 valence electrons. The minimum atomic E-state index is 0.470. The standard InChI is InChI=1S/C14H19NO/c1-12(14-5-3-2-4-6-14)15-9-7-13(11-15)8-10-16/h2-6,10,12-13H,7-9,11H2,1H3. The summed E-state index contributed by atoms with van der Waals surface area (Å²) in [6.45, 7) is 4.43. The molecular formula is C14H19NO. The van der Waals surface area contributed by atoms with Gasteiger partial charge in [-0.2, -0.15) is 0 Å². The number of carbonyl (C=O) groups is 1. The minimum absolute atomic E-state index is 0.470. The molecule has 0 saturated carbocycles. The summed E-state index contributed by atoms with van der Waals surface area (Å²) in [5.41, 5.74) is 1.37. The van der Waals surface area contributed by atoms with E-state index in [2.05, 4.69) is 42.2 Å². The molecule has 0 bridgehead atoms. The van der Waals surface area contributed by atoms with Gasteiger partial charge in [-0.05, 0) is 31.4 Å². The summed E-state index contributed by atoms with van der Waals surface area (Å²) in [6, 6.07) is 11.1. The Kier molecular flexibility index (Phi) is 3.73. The Morgan fingerprint density at radius 1 is 1.44 bits per heavy atom. The van der Waals surface area contributed by atoms with Crippen molar-refractivity contribution in [3.63, 3.8) is 0 Å². The van der Waals surface area contributed by atoms with Crippen molar-refractivity contribution < 1.29 is 4.79 Å². The van der Waals surface area contributed by atoms with Crippen LogP contribution in [0.1, 0.15) is 31.4 Å². The van der Waals surface area contributed by atoms with Gasteiger partial charge in [-0.3, -0.25) is 4.90 Å². The van der Waals surface area contributed by atoms with Crippen molar-refractivity contribution in [3.8, 4) is 0 Å². The summed E-state index contributed by atoms with van der Waals surface area (Å²) >= 11 is 0. The fourth-order valence-corrected chi connectivity index (χ4v) is 2.49. The van der Waals surface area contributed by atoms with Crippen molar-refractivity contribution in [2.45, 2.75) is 25.8 Å². The molecule has 0 spiro atoms. The molecule has 1 aliphatic rings. The molecule has 2 rings (SSSR count). The van der Waals surface area contributed by atoms with Crippen molar-refractivity contribution in [2.24, 2.45) is 5.92 Å². The third-order valence-corrected chi connectivity index (χ3v) is 3.58. The highest BCUT2D eigenvalue weighted by Crippen LogP contribution is 2.28. The summed E-state index contributed by atoms with van der Waals surface area (Å²) in [5.74, 6) is 0.573. The second-order valence-corrected chi connectivity index (χ2v) is 4.64. The van der Waals surface area contributed by atoms with Gasteiger partial charge in [0.2, 0.25) is 0 Å². The molecule has 1 fully saturated rings. The zero-order chi connectivity index (χ0) is 11.4. The average Bonchev–Trinajstić information content (AvgIpc) is 2.78. The molecular weight excluding hydrogens is 198 g/mol. The predicted octanol–water partition coefficient (Wildman–Crippen LogP) is 2.66. The fourth-order valence-electron chi connectivity index (χ4n) is 2.49. The van der Waals surface area contributed by atoms with Crippen molar-refractivity contribution >= 4 is 6.29 Å². The van der Waals surface area contributed by atoms with Crippen LogP contribution in [0, 0.1) is 5.92 Å². The molecule has 1 saturated heterocycles. The first-order valence-corrected chi connectivity index (χ1v) is 6.04. The second kappa shape index (κ2) is 5.26. The van der Waals surface area contributed by atoms with Gasteiger partial charge in [-0.25, -0.2) is 0 Å². The van der Waals surface area contributed by atoms with E-state index < -0.39 is 0 Å². The number of benzene rings is 1. The number of aldehydes is 1. The topological polar surface area (TPSA) is 20.3 Å². The van der Waals surface area contributed by atoms with E-state index in [0.29, 0.717) is 12.0 Å². The Balaban J connectivity index is 1.97. The summed E-state index contributed by atoms with van der Waals surface area (Å²) in [4.78, 5) is 13.0. The Morgan fingerprint density at radius 3 is 2.88 bits per heavy atom. The van der Waals surface area contributed by atoms with Gasteiger partial charge in [-0.15, -0.1) is 0 Å². The zero-order valence-corrected chi connectivity index (χ0v) is 9.80. The lowest BCUT2D eigenvalue weighted by Crippen LogP contribution is -2.24. The SMILES string of the molecule is CC(c1ccccc1)N1CCC(CC=O)C1. The molecule has 0 radical (unpaired) electrons. The van der Waals surface area contributed by atoms with Gasteiger partial charge < -0.3 is 4.79 Å². The van der Waals surface area contributed by atoms with Gasteiger partial charge in [-0.1, -0.05) is 30.3 Å². The van der Waals surface area contributed by atoms with E-state index in [9.17, 15) is 4.79 Å². The third-order valence-electron chi connectivity index (χ3n) is 3.58. The maximum absolute atomic E-state index is 10.5. The van der Waals surface area contributed by atoms with Crippen molar-refractivity contribution in [3.05, 3.63) is 35.9 Å². The van der Waals surface area contributed by atoms with Crippen LogP contribution in [-0.2, 0) is 4.79 Å². The molecule has 1 aromatic rings. The van der Waals surface area contributed by atoms with Gasteiger partial charge in [0.05, 0.1) is 0 Å². The molecule has 2 heteroatoms. The molecule has 2 atom stereocenters. The van der Waals surface area contributed by atoms with Crippen LogP contribution in [0.2, 0.25) is 0 Å². The first-order valence-electron chi connectivity index (χ1n) is 6.04. The van der Waals surface area contributed by atoms with E-state index in [1.807, 2.05) is 0 Å². The minimum Gasteiger partial charge on any atom is -0.303 e. The maximum Gasteiger partial charge on any atom is 0.120 e. The van der Waals surface area contributed by atoms with Crippen LogP contribution in [0.25, 0.3) is 0 Å². The lowest BCUT2D eigenvalue weighted by molar-refractivity contribution is -0.108. The van der Waals surface area contributed by atoms with E-state index in [4.69, 9.17) is 0 Å². The Hall–Kier alpha value is -1.15. The van der Waals surface area contributed by atoms with Crippen LogP contribution >= 0.6 is 0 Å². The molecule has 1 aromatic carbocycles. The van der Waals surface area contributed by atoms with E-state index in [1.54, 1.807) is 0 Å². The first-order chi connectivity index (χ1) is 7.81. The quantitative estimate of drug-likeness (QED) is 0.723. The largest absolute Gasteiger partial charge is 0.303 e. The van der Waals surface area contributed by atoms with Crippen LogP contribution in [0.4, 0.5) is 0 Å². The van der Waals surface area contributed by atoms with Crippen LogP contribution in [0.5, 0.6) is 0 Å². The molecule has 2 nitrogen and oxygen atoms in total. The van der Waals surface area contributed by atoms with Crippen molar-refractivity contribution in [1.82, 2.24) is 4.90 Å². The van der Waals surface area contributed by atoms with Crippen LogP contribution in [0.15, 0.2) is 30.3 Å². The number of likely N-dealkylation sites (tertiary alicyclic amines) is 1. The van der Waals surface area contributed by atoms with E-state index in [-0.39, 0.29) is 0 Å². The highest BCUT2D eigenvalue weighted by Gasteiger charge is 2.26. The van der Waals surface area contributed by atoms with Crippen LogP contribution in [0.3, 0.4) is 0 Å². The lowest BCUT2D eigenvalue weighted by Gasteiger charge is -2.24. The first kappa shape index (κ1) is 11.3. The molecule has 16 heavy (non-hydrogen) atoms. The number of carbonyl (C=O) groups excluding carboxylic acids is 1. The average molecular weight is 217 g/mol. The normalized spacial score (nSPS) is 23.2. The predicted molar refractivity (Wildman–Crippen MR) is 65.2 cm³/mol. The smallest absolute Gasteiger partial charge is 0.120 e. The Morgan fingerprint density at radius 2 is 2.19 bits per heavy atom. The van der Waals surface area contributed by atoms with Gasteiger partial charge in [0, 0.05) is 19.0 Å². The molecule has 1 aliphatic heterocycles. The molecule has 0 N–H and O–H groups in total. The second-order valence-electron chi connectivity index (χ2n) is 4.64. The Bertz CT molecular complexity index is 336. The van der Waals surface area contributed by atoms with E-state index in [0.717, 1.165) is 32.2 Å². The van der Waals surface area contributed by atoms with Crippen molar-refractivity contribution in [2.75, 3.05) is 13.1 Å². The zero-order valence-electron chi connectivity index (χ0n) is 9.80. The van der Waals surface area contributed by atoms with E-state index >= 15 is 0 Å². The number of nitrogens with zero attached hydrogens (tertiary/aromatic N) is 1. The molecule has 0 aromatic heterocycles. The summed E-state index contributed by atoms with van der Waals surface area (Å²) in [5, 5.41) is 0. The van der Waals surface area contributed by atoms with Gasteiger partial charge >= 0.3 is 0 Å². The van der Waals surface area contributed by atoms with Crippen molar-refractivity contribution in [1.29, 1.82) is 0 Å². The van der Waals surface area contributed by atoms with E-state index in [1.165, 1.54) is 5.56 Å². The van der Waals surface area contributed by atoms with Gasteiger partial charge in [0.15, 0.2) is 0 Å². The van der Waals surface area contributed by atoms with Gasteiger partial charge in [0.1, 0.15) is 6.29 Å². The summed E-state index contributed by atoms with van der Waals surface area (Å²) < 4.78 is 0. The number of rotatable bonds is 4. The molecule has 2 unspecified atom stereocenters. The lowest BCUT2D eigenvalue weighted by atomic mass is 10.1. The number of hydrogen-bond acceptors (Lipinski definition) is 2. The number of hydrogen-bond donors (Lipinski definition) is 0. The maximum atomic E-state index is 10.5. The van der Waals surface area contributed by atoms with Gasteiger partial charge in [0.25, 0.3) is 0 Å². The Labute approximate surface area is 97.3 Å². The molecule has 0 aliphatic carbocycles. The molecule has 1 heterocycles. The molecule has 0 amide bonds. The highest BCUT2D eigenvalue weighted by atomic mass is 16.1. The van der Waals surface area contributed by atoms with Crippen LogP contribution in [-0.4, -0.2) is 24.3 Å². The fraction of sp³-hybridized carbons (Fsp3) is 0.500. The van der Waals surface area contributed by atoms with Crippen LogP contribution < -0.4 is 0 Å². The summed E-state index contributed by atoms with van der Waals surface area (Å²) in [7, 11) is 0. The third kappa shape index (κ3) is 2.50.